The second-order valence-corrected chi connectivity index (χ2v) is 7.82. The summed E-state index contributed by atoms with van der Waals surface area (Å²) in [7, 11) is -2.61. The Bertz CT molecular complexity index is 1100. The van der Waals surface area contributed by atoms with Gasteiger partial charge < -0.3 is 4.74 Å². The highest BCUT2D eigenvalue weighted by Crippen LogP contribution is 2.38. The highest BCUT2D eigenvalue weighted by Gasteiger charge is 2.31. The quantitative estimate of drug-likeness (QED) is 0.664. The molecule has 6 nitrogen and oxygen atoms in total. The third kappa shape index (κ3) is 2.43. The SMILES string of the molecule is COC(=O)c1cn(S(=O)(=O)c2cccnc2)c2c1CCc1ccccc1-2. The molecule has 1 aliphatic rings. The van der Waals surface area contributed by atoms with Gasteiger partial charge in [0.25, 0.3) is 10.0 Å². The molecule has 3 aromatic rings. The van der Waals surface area contributed by atoms with Crippen LogP contribution in [0.15, 0.2) is 59.9 Å². The Morgan fingerprint density at radius 1 is 1.15 bits per heavy atom. The van der Waals surface area contributed by atoms with Crippen molar-refractivity contribution in [3.05, 3.63) is 71.7 Å². The lowest BCUT2D eigenvalue weighted by atomic mass is 9.89. The molecule has 0 aliphatic heterocycles. The van der Waals surface area contributed by atoms with Gasteiger partial charge in [0, 0.05) is 24.2 Å². The number of aryl methyl sites for hydroxylation is 1. The fourth-order valence-corrected chi connectivity index (χ4v) is 4.74. The fourth-order valence-electron chi connectivity index (χ4n) is 3.37. The molecule has 7 heteroatoms. The summed E-state index contributed by atoms with van der Waals surface area (Å²) in [5, 5.41) is 0. The van der Waals surface area contributed by atoms with Gasteiger partial charge in [-0.15, -0.1) is 0 Å². The largest absolute Gasteiger partial charge is 0.465 e. The number of aromatic nitrogens is 2. The van der Waals surface area contributed by atoms with Gasteiger partial charge in [-0.05, 0) is 36.1 Å². The third-order valence-electron chi connectivity index (χ3n) is 4.59. The number of hydrogen-bond acceptors (Lipinski definition) is 5. The third-order valence-corrected chi connectivity index (χ3v) is 6.23. The van der Waals surface area contributed by atoms with E-state index in [0.29, 0.717) is 17.7 Å². The molecule has 0 fully saturated rings. The summed E-state index contributed by atoms with van der Waals surface area (Å²) < 4.78 is 32.5. The minimum Gasteiger partial charge on any atom is -0.465 e. The summed E-state index contributed by atoms with van der Waals surface area (Å²) in [6.45, 7) is 0. The summed E-state index contributed by atoms with van der Waals surface area (Å²) in [6, 6.07) is 10.7. The van der Waals surface area contributed by atoms with Crippen LogP contribution in [0.4, 0.5) is 0 Å². The molecule has 0 amide bonds. The van der Waals surface area contributed by atoms with Crippen molar-refractivity contribution in [2.45, 2.75) is 17.7 Å². The summed E-state index contributed by atoms with van der Waals surface area (Å²) >= 11 is 0. The standard InChI is InChI=1S/C19H16N2O4S/c1-25-19(22)17-12-21(26(23,24)14-6-4-10-20-11-14)18-15-7-3-2-5-13(15)8-9-16(17)18/h2-7,10-12H,8-9H2,1H3. The Morgan fingerprint density at radius 2 is 1.96 bits per heavy atom. The maximum absolute atomic E-state index is 13.2. The van der Waals surface area contributed by atoms with E-state index in [1.165, 1.54) is 35.7 Å². The van der Waals surface area contributed by atoms with E-state index in [4.69, 9.17) is 4.74 Å². The van der Waals surface area contributed by atoms with Crippen LogP contribution in [0.3, 0.4) is 0 Å². The number of methoxy groups -OCH3 is 1. The van der Waals surface area contributed by atoms with Gasteiger partial charge in [-0.3, -0.25) is 4.98 Å². The van der Waals surface area contributed by atoms with E-state index in [1.807, 2.05) is 24.3 Å². The van der Waals surface area contributed by atoms with Gasteiger partial charge in [0.05, 0.1) is 18.4 Å². The molecular formula is C19H16N2O4S. The lowest BCUT2D eigenvalue weighted by Gasteiger charge is -2.19. The van der Waals surface area contributed by atoms with Gasteiger partial charge in [-0.1, -0.05) is 24.3 Å². The molecule has 0 radical (unpaired) electrons. The first kappa shape index (κ1) is 16.5. The van der Waals surface area contributed by atoms with E-state index in [1.54, 1.807) is 6.07 Å². The van der Waals surface area contributed by atoms with Crippen LogP contribution in [-0.4, -0.2) is 30.5 Å². The first-order valence-corrected chi connectivity index (χ1v) is 9.54. The molecule has 132 valence electrons. The van der Waals surface area contributed by atoms with E-state index >= 15 is 0 Å². The number of benzene rings is 1. The zero-order chi connectivity index (χ0) is 18.3. The zero-order valence-corrected chi connectivity index (χ0v) is 14.9. The zero-order valence-electron chi connectivity index (χ0n) is 14.0. The van der Waals surface area contributed by atoms with E-state index in [9.17, 15) is 13.2 Å². The molecular weight excluding hydrogens is 352 g/mol. The second-order valence-electron chi connectivity index (χ2n) is 6.01. The molecule has 0 saturated carbocycles. The van der Waals surface area contributed by atoms with Crippen LogP contribution in [0.2, 0.25) is 0 Å². The Morgan fingerprint density at radius 3 is 2.69 bits per heavy atom. The first-order chi connectivity index (χ1) is 12.5. The number of pyridine rings is 1. The van der Waals surface area contributed by atoms with Crippen molar-refractivity contribution in [3.8, 4) is 11.3 Å². The van der Waals surface area contributed by atoms with Crippen molar-refractivity contribution in [1.82, 2.24) is 8.96 Å². The lowest BCUT2D eigenvalue weighted by Crippen LogP contribution is -2.16. The maximum atomic E-state index is 13.2. The predicted molar refractivity (Wildman–Crippen MR) is 95.4 cm³/mol. The minimum absolute atomic E-state index is 0.0669. The molecule has 1 aliphatic carbocycles. The summed E-state index contributed by atoms with van der Waals surface area (Å²) in [5.74, 6) is -0.541. The molecule has 2 heterocycles. The highest BCUT2D eigenvalue weighted by molar-refractivity contribution is 7.90. The van der Waals surface area contributed by atoms with Crippen molar-refractivity contribution in [1.29, 1.82) is 0 Å². The van der Waals surface area contributed by atoms with Gasteiger partial charge in [0.2, 0.25) is 0 Å². The van der Waals surface area contributed by atoms with Crippen molar-refractivity contribution in [3.63, 3.8) is 0 Å². The number of rotatable bonds is 3. The number of carbonyl (C=O) groups is 1. The van der Waals surface area contributed by atoms with E-state index < -0.39 is 16.0 Å². The Kier molecular flexibility index (Phi) is 3.88. The fraction of sp³-hybridized carbons (Fsp3) is 0.158. The highest BCUT2D eigenvalue weighted by atomic mass is 32.2. The van der Waals surface area contributed by atoms with Crippen LogP contribution in [-0.2, 0) is 27.6 Å². The van der Waals surface area contributed by atoms with Gasteiger partial charge in [0.1, 0.15) is 4.90 Å². The molecule has 0 saturated heterocycles. The summed E-state index contributed by atoms with van der Waals surface area (Å²) in [5.41, 5.74) is 3.37. The van der Waals surface area contributed by atoms with Gasteiger partial charge in [0.15, 0.2) is 0 Å². The normalized spacial score (nSPS) is 13.0. The molecule has 0 N–H and O–H groups in total. The number of fused-ring (bicyclic) bond motifs is 3. The number of carbonyl (C=O) groups excluding carboxylic acids is 1. The van der Waals surface area contributed by atoms with Crippen LogP contribution in [0.25, 0.3) is 11.3 Å². The van der Waals surface area contributed by atoms with Crippen LogP contribution in [0.1, 0.15) is 21.5 Å². The molecule has 4 rings (SSSR count). The lowest BCUT2D eigenvalue weighted by molar-refractivity contribution is 0.0599. The Hall–Kier alpha value is -2.93. The molecule has 0 bridgehead atoms. The molecule has 1 aromatic carbocycles. The summed E-state index contributed by atoms with van der Waals surface area (Å²) in [6.07, 6.45) is 5.49. The van der Waals surface area contributed by atoms with Gasteiger partial charge in [-0.25, -0.2) is 17.2 Å². The van der Waals surface area contributed by atoms with Crippen LogP contribution >= 0.6 is 0 Å². The van der Waals surface area contributed by atoms with Crippen molar-refractivity contribution >= 4 is 16.0 Å². The minimum atomic E-state index is -3.90. The summed E-state index contributed by atoms with van der Waals surface area (Å²) in [4.78, 5) is 16.2. The van der Waals surface area contributed by atoms with E-state index in [0.717, 1.165) is 17.5 Å². The first-order valence-electron chi connectivity index (χ1n) is 8.10. The van der Waals surface area contributed by atoms with Gasteiger partial charge in [-0.2, -0.15) is 0 Å². The topological polar surface area (TPSA) is 78.3 Å². The smallest absolute Gasteiger partial charge is 0.339 e. The van der Waals surface area contributed by atoms with Crippen molar-refractivity contribution in [2.24, 2.45) is 0 Å². The average Bonchev–Trinajstić information content (AvgIpc) is 3.09. The number of hydrogen-bond donors (Lipinski definition) is 0. The Labute approximate surface area is 151 Å². The monoisotopic (exact) mass is 368 g/mol. The molecule has 26 heavy (non-hydrogen) atoms. The molecule has 0 atom stereocenters. The molecule has 2 aromatic heterocycles. The average molecular weight is 368 g/mol. The van der Waals surface area contributed by atoms with Crippen LogP contribution in [0.5, 0.6) is 0 Å². The Balaban J connectivity index is 2.03. The molecule has 0 spiro atoms. The van der Waals surface area contributed by atoms with Gasteiger partial charge >= 0.3 is 5.97 Å². The number of ether oxygens (including phenoxy) is 1. The van der Waals surface area contributed by atoms with Crippen LogP contribution in [0, 0.1) is 0 Å². The van der Waals surface area contributed by atoms with E-state index in [-0.39, 0.29) is 10.5 Å². The van der Waals surface area contributed by atoms with Crippen LogP contribution < -0.4 is 0 Å². The van der Waals surface area contributed by atoms with E-state index in [2.05, 4.69) is 4.98 Å². The predicted octanol–water partition coefficient (Wildman–Crippen LogP) is 2.67. The number of esters is 1. The number of nitrogens with zero attached hydrogens (tertiary/aromatic N) is 2. The van der Waals surface area contributed by atoms with Crippen molar-refractivity contribution in [2.75, 3.05) is 7.11 Å². The maximum Gasteiger partial charge on any atom is 0.339 e. The molecule has 0 unspecified atom stereocenters. The van der Waals surface area contributed by atoms with Crippen molar-refractivity contribution < 1.29 is 17.9 Å². The second kappa shape index (κ2) is 6.10.